The first-order valence-electron chi connectivity index (χ1n) is 6.15. The van der Waals surface area contributed by atoms with Crippen LogP contribution in [-0.4, -0.2) is 19.0 Å². The van der Waals surface area contributed by atoms with Crippen LogP contribution in [0.15, 0.2) is 23.3 Å². The summed E-state index contributed by atoms with van der Waals surface area (Å²) >= 11 is 0. The lowest BCUT2D eigenvalue weighted by atomic mass is 10.1. The van der Waals surface area contributed by atoms with Gasteiger partial charge in [-0.2, -0.15) is 0 Å². The Kier molecular flexibility index (Phi) is 5.78. The Hall–Kier alpha value is -0.600. The van der Waals surface area contributed by atoms with Crippen LogP contribution in [0.2, 0.25) is 0 Å². The quantitative estimate of drug-likeness (QED) is 0.676. The van der Waals surface area contributed by atoms with Crippen molar-refractivity contribution in [2.45, 2.75) is 59.4 Å². The highest BCUT2D eigenvalue weighted by Crippen LogP contribution is 2.16. The Balaban J connectivity index is 2.34. The molecular formula is C14H24O2. The molecule has 0 aromatic rings. The summed E-state index contributed by atoms with van der Waals surface area (Å²) in [7, 11) is 0. The summed E-state index contributed by atoms with van der Waals surface area (Å²) in [6, 6.07) is 0. The molecule has 2 nitrogen and oxygen atoms in total. The third-order valence-corrected chi connectivity index (χ3v) is 2.68. The second-order valence-corrected chi connectivity index (χ2v) is 4.81. The maximum Gasteiger partial charge on any atom is 0.177 e. The maximum atomic E-state index is 5.67. The Labute approximate surface area is 99.3 Å². The van der Waals surface area contributed by atoms with Crippen LogP contribution in [0.4, 0.5) is 0 Å². The third kappa shape index (κ3) is 5.47. The molecule has 1 heterocycles. The lowest BCUT2D eigenvalue weighted by Gasteiger charge is -2.26. The number of hydrogen-bond donors (Lipinski definition) is 0. The second-order valence-electron chi connectivity index (χ2n) is 4.81. The molecular weight excluding hydrogens is 200 g/mol. The Bertz CT molecular complexity index is 262. The average Bonchev–Trinajstić information content (AvgIpc) is 2.16. The van der Waals surface area contributed by atoms with Crippen molar-refractivity contribution in [3.8, 4) is 0 Å². The van der Waals surface area contributed by atoms with Crippen molar-refractivity contribution in [1.82, 2.24) is 0 Å². The van der Waals surface area contributed by atoms with Gasteiger partial charge in [-0.25, -0.2) is 0 Å². The summed E-state index contributed by atoms with van der Waals surface area (Å²) < 4.78 is 11.2. The summed E-state index contributed by atoms with van der Waals surface area (Å²) in [6.45, 7) is 9.32. The highest BCUT2D eigenvalue weighted by atomic mass is 16.7. The highest BCUT2D eigenvalue weighted by molar-refractivity contribution is 5.03. The predicted molar refractivity (Wildman–Crippen MR) is 67.3 cm³/mol. The van der Waals surface area contributed by atoms with Crippen molar-refractivity contribution in [3.05, 3.63) is 23.3 Å². The van der Waals surface area contributed by atoms with E-state index in [1.165, 1.54) is 11.1 Å². The minimum Gasteiger partial charge on any atom is -0.349 e. The van der Waals surface area contributed by atoms with Gasteiger partial charge in [0.25, 0.3) is 0 Å². The van der Waals surface area contributed by atoms with Crippen molar-refractivity contribution in [3.63, 3.8) is 0 Å². The Morgan fingerprint density at radius 2 is 2.06 bits per heavy atom. The van der Waals surface area contributed by atoms with E-state index in [1.807, 2.05) is 0 Å². The zero-order valence-corrected chi connectivity index (χ0v) is 11.0. The van der Waals surface area contributed by atoms with Gasteiger partial charge in [-0.15, -0.1) is 0 Å². The number of ether oxygens (including phenoxy) is 2. The van der Waals surface area contributed by atoms with Crippen LogP contribution in [0.1, 0.15) is 47.0 Å². The molecule has 2 heteroatoms. The molecule has 2 unspecified atom stereocenters. The van der Waals surface area contributed by atoms with Gasteiger partial charge in [0.05, 0.1) is 12.7 Å². The lowest BCUT2D eigenvalue weighted by Crippen LogP contribution is -2.29. The fraction of sp³-hybridized carbons (Fsp3) is 0.714. The molecule has 0 amide bonds. The van der Waals surface area contributed by atoms with E-state index < -0.39 is 0 Å². The molecule has 0 saturated carbocycles. The van der Waals surface area contributed by atoms with Gasteiger partial charge in [-0.3, -0.25) is 0 Å². The molecule has 0 aliphatic carbocycles. The summed E-state index contributed by atoms with van der Waals surface area (Å²) in [4.78, 5) is 0. The smallest absolute Gasteiger partial charge is 0.177 e. The van der Waals surface area contributed by atoms with Crippen LogP contribution in [0, 0.1) is 0 Å². The first-order valence-corrected chi connectivity index (χ1v) is 6.15. The van der Waals surface area contributed by atoms with Crippen LogP contribution >= 0.6 is 0 Å². The van der Waals surface area contributed by atoms with Gasteiger partial charge in [0.15, 0.2) is 6.29 Å². The predicted octanol–water partition coefficient (Wildman–Crippen LogP) is 3.83. The summed E-state index contributed by atoms with van der Waals surface area (Å²) in [6.07, 6.45) is 7.75. The van der Waals surface area contributed by atoms with E-state index in [-0.39, 0.29) is 6.29 Å². The fourth-order valence-electron chi connectivity index (χ4n) is 1.68. The molecule has 0 N–H and O–H groups in total. The molecule has 2 atom stereocenters. The zero-order chi connectivity index (χ0) is 12.0. The van der Waals surface area contributed by atoms with Crippen LogP contribution in [-0.2, 0) is 9.47 Å². The van der Waals surface area contributed by atoms with E-state index in [9.17, 15) is 0 Å². The summed E-state index contributed by atoms with van der Waals surface area (Å²) in [5.41, 5.74) is 2.73. The molecule has 0 bridgehead atoms. The summed E-state index contributed by atoms with van der Waals surface area (Å²) in [5, 5.41) is 0. The Morgan fingerprint density at radius 3 is 2.69 bits per heavy atom. The minimum atomic E-state index is -0.129. The summed E-state index contributed by atoms with van der Waals surface area (Å²) in [5.74, 6) is 0. The molecule has 1 rings (SSSR count). The zero-order valence-electron chi connectivity index (χ0n) is 11.0. The van der Waals surface area contributed by atoms with Gasteiger partial charge in [-0.05, 0) is 53.0 Å². The lowest BCUT2D eigenvalue weighted by molar-refractivity contribution is -0.181. The first kappa shape index (κ1) is 13.5. The van der Waals surface area contributed by atoms with Gasteiger partial charge in [0, 0.05) is 0 Å². The molecule has 1 fully saturated rings. The van der Waals surface area contributed by atoms with Crippen molar-refractivity contribution in [2.75, 3.05) is 6.61 Å². The highest BCUT2D eigenvalue weighted by Gasteiger charge is 2.17. The first-order chi connectivity index (χ1) is 7.58. The number of allylic oxidation sites excluding steroid dienone is 3. The molecule has 1 aliphatic heterocycles. The molecule has 0 spiro atoms. The maximum absolute atomic E-state index is 5.67. The number of hydrogen-bond acceptors (Lipinski definition) is 2. The molecule has 1 aliphatic rings. The van der Waals surface area contributed by atoms with Crippen molar-refractivity contribution < 1.29 is 9.47 Å². The molecule has 92 valence electrons. The van der Waals surface area contributed by atoms with E-state index in [0.717, 1.165) is 25.9 Å². The fourth-order valence-corrected chi connectivity index (χ4v) is 1.68. The monoisotopic (exact) mass is 224 g/mol. The topological polar surface area (TPSA) is 18.5 Å². The van der Waals surface area contributed by atoms with Crippen molar-refractivity contribution in [2.24, 2.45) is 0 Å². The molecule has 0 aromatic heterocycles. The molecule has 0 radical (unpaired) electrons. The molecule has 16 heavy (non-hydrogen) atoms. The molecule has 0 aromatic carbocycles. The normalized spacial score (nSPS) is 26.6. The van der Waals surface area contributed by atoms with Gasteiger partial charge in [-0.1, -0.05) is 17.2 Å². The van der Waals surface area contributed by atoms with Crippen molar-refractivity contribution in [1.29, 1.82) is 0 Å². The van der Waals surface area contributed by atoms with Crippen LogP contribution in [0.3, 0.4) is 0 Å². The van der Waals surface area contributed by atoms with Crippen LogP contribution < -0.4 is 0 Å². The van der Waals surface area contributed by atoms with E-state index >= 15 is 0 Å². The van der Waals surface area contributed by atoms with Crippen LogP contribution in [0.5, 0.6) is 0 Å². The largest absolute Gasteiger partial charge is 0.349 e. The van der Waals surface area contributed by atoms with E-state index in [1.54, 1.807) is 0 Å². The van der Waals surface area contributed by atoms with Gasteiger partial charge < -0.3 is 9.47 Å². The van der Waals surface area contributed by atoms with E-state index in [4.69, 9.17) is 9.47 Å². The van der Waals surface area contributed by atoms with E-state index in [2.05, 4.69) is 39.8 Å². The van der Waals surface area contributed by atoms with Gasteiger partial charge in [0.1, 0.15) is 0 Å². The van der Waals surface area contributed by atoms with Gasteiger partial charge in [0.2, 0.25) is 0 Å². The standard InChI is InChI=1S/C14H24O2/c1-11(2)6-5-7-12(3)10-14-15-9-8-13(4)16-14/h6,10,13-14H,5,7-9H2,1-4H3/b12-10-. The third-order valence-electron chi connectivity index (χ3n) is 2.68. The van der Waals surface area contributed by atoms with Crippen molar-refractivity contribution >= 4 is 0 Å². The Morgan fingerprint density at radius 1 is 1.31 bits per heavy atom. The van der Waals surface area contributed by atoms with E-state index in [0.29, 0.717) is 6.10 Å². The number of rotatable bonds is 4. The van der Waals surface area contributed by atoms with Gasteiger partial charge >= 0.3 is 0 Å². The van der Waals surface area contributed by atoms with Crippen LogP contribution in [0.25, 0.3) is 0 Å². The molecule has 1 saturated heterocycles. The SMILES string of the molecule is CC(C)=CCC/C(C)=C\C1OCCC(C)O1. The second kappa shape index (κ2) is 6.87. The average molecular weight is 224 g/mol. The minimum absolute atomic E-state index is 0.129.